The van der Waals surface area contributed by atoms with Crippen molar-refractivity contribution in [2.24, 2.45) is 0 Å². The zero-order valence-corrected chi connectivity index (χ0v) is 35.6. The summed E-state index contributed by atoms with van der Waals surface area (Å²) in [5, 5.41) is 2.49. The highest BCUT2D eigenvalue weighted by molar-refractivity contribution is 8.77. The minimum absolute atomic E-state index is 0.0594. The number of unbranched alkanes of at least 4 members (excludes halogenated alkanes) is 1. The minimum atomic E-state index is -5.74. The average molecular weight is 907 g/mol. The standard InChI is InChI=1S/C26H45N4O17P3S4/c1-26(2,9-13-40-3)54-53-17-41-11-5-6-12-42-25(32)28-10-7-8-19-14-30(24(31)29-23(19)27)20-15-43-21(22(20)44-18-52-51-4)16-45-49(36,37)47-50(38,39)46-48(33,34)35/h14,20-22H,5-6,9-13,15-18H2,1-4H3,(H,28,32)(H,36,37)(H,38,39)(H2,27,29,31)(H2,33,34,35)/t20?,21-,22+/m1/s1. The molecule has 54 heavy (non-hydrogen) atoms. The van der Waals surface area contributed by atoms with Crippen LogP contribution in [-0.2, 0) is 50.5 Å². The molecule has 0 radical (unpaired) electrons. The van der Waals surface area contributed by atoms with Crippen LogP contribution in [0.25, 0.3) is 0 Å². The second kappa shape index (κ2) is 24.2. The largest absolute Gasteiger partial charge is 0.490 e. The van der Waals surface area contributed by atoms with Gasteiger partial charge in [-0.05, 0) is 39.4 Å². The molecule has 1 aliphatic heterocycles. The number of nitrogens with zero attached hydrogens (tertiary/aromatic N) is 2. The summed E-state index contributed by atoms with van der Waals surface area (Å²) in [5.74, 6) is 5.84. The molecule has 21 nitrogen and oxygen atoms in total. The van der Waals surface area contributed by atoms with Gasteiger partial charge in [0.15, 0.2) is 0 Å². The molecule has 1 aromatic heterocycles. The summed E-state index contributed by atoms with van der Waals surface area (Å²) in [7, 11) is -9.09. The highest BCUT2D eigenvalue weighted by atomic mass is 33.1. The number of alkyl carbamates (subject to hydrolysis) is 1. The van der Waals surface area contributed by atoms with Crippen molar-refractivity contribution < 1.29 is 74.9 Å². The van der Waals surface area contributed by atoms with Gasteiger partial charge in [-0.1, -0.05) is 55.0 Å². The second-order valence-corrected chi connectivity index (χ2v) is 21.2. The van der Waals surface area contributed by atoms with Gasteiger partial charge in [0.1, 0.15) is 29.9 Å². The molecule has 0 saturated carbocycles. The molecule has 0 aromatic carbocycles. The number of carbonyl (C=O) groups is 1. The first-order chi connectivity index (χ1) is 25.3. The van der Waals surface area contributed by atoms with E-state index in [1.165, 1.54) is 27.8 Å². The predicted molar refractivity (Wildman–Crippen MR) is 204 cm³/mol. The van der Waals surface area contributed by atoms with Gasteiger partial charge < -0.3 is 54.3 Å². The Bertz CT molecular complexity index is 1610. The van der Waals surface area contributed by atoms with Crippen molar-refractivity contribution in [3.05, 3.63) is 22.2 Å². The third-order valence-electron chi connectivity index (χ3n) is 6.59. The number of hydrogen-bond acceptors (Lipinski definition) is 19. The molecule has 5 atom stereocenters. The Morgan fingerprint density at radius 1 is 1.11 bits per heavy atom. The van der Waals surface area contributed by atoms with Crippen LogP contribution >= 0.6 is 66.6 Å². The Hall–Kier alpha value is -0.840. The van der Waals surface area contributed by atoms with Crippen LogP contribution in [0.5, 0.6) is 0 Å². The zero-order valence-electron chi connectivity index (χ0n) is 29.6. The quantitative estimate of drug-likeness (QED) is 0.0269. The topological polar surface area (TPSA) is 296 Å². The van der Waals surface area contributed by atoms with Crippen LogP contribution in [-0.4, -0.2) is 117 Å². The lowest BCUT2D eigenvalue weighted by Crippen LogP contribution is -2.39. The maximum atomic E-state index is 12.9. The lowest BCUT2D eigenvalue weighted by atomic mass is 10.1. The molecule has 2 rings (SSSR count). The van der Waals surface area contributed by atoms with Crippen LogP contribution in [0, 0.1) is 11.8 Å². The first-order valence-electron chi connectivity index (χ1n) is 15.6. The van der Waals surface area contributed by atoms with Crippen LogP contribution < -0.4 is 16.7 Å². The number of carbonyl (C=O) groups excluding carboxylic acids is 1. The van der Waals surface area contributed by atoms with E-state index in [0.29, 0.717) is 32.0 Å². The molecule has 28 heteroatoms. The molecule has 1 aromatic rings. The SMILES string of the molecule is COCCC(C)(C)SSCOCCCCOC(=O)NCC#Cc1cn(C2CO[C@H](COP(=O)(O)OP(=O)(O)OP(=O)(O)O)[C@H]2OCSSC)c(=O)nc1N. The van der Waals surface area contributed by atoms with E-state index >= 15 is 0 Å². The van der Waals surface area contributed by atoms with Crippen molar-refractivity contribution in [3.63, 3.8) is 0 Å². The van der Waals surface area contributed by atoms with Gasteiger partial charge in [-0.25, -0.2) is 23.3 Å². The van der Waals surface area contributed by atoms with E-state index in [2.05, 4.69) is 44.6 Å². The third-order valence-corrected chi connectivity index (χ3v) is 14.9. The fourth-order valence-electron chi connectivity index (χ4n) is 4.14. The van der Waals surface area contributed by atoms with E-state index in [-0.39, 0.29) is 41.8 Å². The van der Waals surface area contributed by atoms with Crippen LogP contribution in [0.3, 0.4) is 0 Å². The van der Waals surface area contributed by atoms with E-state index in [9.17, 15) is 33.1 Å². The molecule has 2 heterocycles. The molecule has 0 bridgehead atoms. The number of phosphoric acid groups is 3. The molecule has 1 saturated heterocycles. The zero-order chi connectivity index (χ0) is 40.4. The van der Waals surface area contributed by atoms with Gasteiger partial charge in [0.25, 0.3) is 0 Å². The normalized spacial score (nSPS) is 19.7. The van der Waals surface area contributed by atoms with Crippen LogP contribution in [0.1, 0.15) is 44.7 Å². The summed E-state index contributed by atoms with van der Waals surface area (Å²) in [6.45, 7) is 4.58. The predicted octanol–water partition coefficient (Wildman–Crippen LogP) is 3.49. The number of nitrogens with one attached hydrogen (secondary N) is 1. The molecule has 0 spiro atoms. The summed E-state index contributed by atoms with van der Waals surface area (Å²) >= 11 is 0. The van der Waals surface area contributed by atoms with Crippen molar-refractivity contribution in [1.82, 2.24) is 14.9 Å². The first-order valence-corrected chi connectivity index (χ1v) is 25.2. The van der Waals surface area contributed by atoms with E-state index < -0.39 is 60.1 Å². The van der Waals surface area contributed by atoms with Gasteiger partial charge >= 0.3 is 35.3 Å². The van der Waals surface area contributed by atoms with E-state index in [4.69, 9.17) is 43.7 Å². The van der Waals surface area contributed by atoms with Gasteiger partial charge in [0.05, 0.1) is 38.0 Å². The molecule has 1 amide bonds. The van der Waals surface area contributed by atoms with Crippen molar-refractivity contribution >= 4 is 78.6 Å². The Morgan fingerprint density at radius 3 is 2.52 bits per heavy atom. The maximum absolute atomic E-state index is 12.9. The summed E-state index contributed by atoms with van der Waals surface area (Å²) in [4.78, 5) is 65.5. The van der Waals surface area contributed by atoms with Crippen LogP contribution in [0.15, 0.2) is 11.0 Å². The number of nitrogens with two attached hydrogens (primary N) is 1. The Morgan fingerprint density at radius 2 is 1.83 bits per heavy atom. The second-order valence-electron chi connectivity index (χ2n) is 11.3. The average Bonchev–Trinajstić information content (AvgIpc) is 3.45. The van der Waals surface area contributed by atoms with Gasteiger partial charge in [-0.3, -0.25) is 9.09 Å². The van der Waals surface area contributed by atoms with Crippen molar-refractivity contribution in [1.29, 1.82) is 0 Å². The molecule has 1 aliphatic rings. The number of rotatable bonds is 25. The number of methoxy groups -OCH3 is 1. The van der Waals surface area contributed by atoms with Gasteiger partial charge in [0, 0.05) is 31.3 Å². The van der Waals surface area contributed by atoms with E-state index in [0.717, 1.165) is 11.0 Å². The van der Waals surface area contributed by atoms with E-state index in [1.807, 2.05) is 0 Å². The lowest BCUT2D eigenvalue weighted by molar-refractivity contribution is -0.0229. The lowest BCUT2D eigenvalue weighted by Gasteiger charge is -2.25. The summed E-state index contributed by atoms with van der Waals surface area (Å²) in [6, 6.07) is -0.905. The Balaban J connectivity index is 1.91. The van der Waals surface area contributed by atoms with Crippen LogP contribution in [0.4, 0.5) is 10.6 Å². The number of ether oxygens (including phenoxy) is 5. The Kier molecular flexibility index (Phi) is 22.1. The van der Waals surface area contributed by atoms with Crippen molar-refractivity contribution in [2.45, 2.75) is 56.1 Å². The summed E-state index contributed by atoms with van der Waals surface area (Å²) < 4.78 is 75.6. The highest BCUT2D eigenvalue weighted by Gasteiger charge is 2.44. The molecule has 310 valence electrons. The molecule has 7 N–H and O–H groups in total. The number of aromatic nitrogens is 2. The van der Waals surface area contributed by atoms with E-state index in [1.54, 1.807) is 35.0 Å². The number of nitrogen functional groups attached to an aromatic ring is 1. The fourth-order valence-corrected chi connectivity index (χ4v) is 10.2. The summed E-state index contributed by atoms with van der Waals surface area (Å²) in [6.07, 6.45) is 2.43. The molecular formula is C26H45N4O17P3S4. The summed E-state index contributed by atoms with van der Waals surface area (Å²) in [5.41, 5.74) is 5.24. The molecular weight excluding hydrogens is 861 g/mol. The number of anilines is 1. The minimum Gasteiger partial charge on any atom is -0.450 e. The molecule has 3 unspecified atom stereocenters. The van der Waals surface area contributed by atoms with Crippen molar-refractivity contribution in [2.75, 3.05) is 70.6 Å². The van der Waals surface area contributed by atoms with Gasteiger partial charge in [0.2, 0.25) is 0 Å². The van der Waals surface area contributed by atoms with Crippen LogP contribution in [0.2, 0.25) is 0 Å². The monoisotopic (exact) mass is 906 g/mol. The van der Waals surface area contributed by atoms with Crippen molar-refractivity contribution in [3.8, 4) is 11.8 Å². The fraction of sp³-hybridized carbons (Fsp3) is 0.731. The number of hydrogen-bond donors (Lipinski definition) is 6. The smallest absolute Gasteiger partial charge is 0.450 e. The number of amides is 1. The Labute approximate surface area is 327 Å². The van der Waals surface area contributed by atoms with Gasteiger partial charge in [-0.2, -0.15) is 13.6 Å². The number of phosphoric ester groups is 1. The molecule has 0 aliphatic carbocycles. The van der Waals surface area contributed by atoms with Gasteiger partial charge in [-0.15, -0.1) is 0 Å². The third kappa shape index (κ3) is 20.0. The maximum Gasteiger partial charge on any atom is 0.490 e. The first kappa shape index (κ1) is 49.3. The molecule has 1 fully saturated rings. The highest BCUT2D eigenvalue weighted by Crippen LogP contribution is 2.66.